The Morgan fingerprint density at radius 3 is 2.50 bits per heavy atom. The minimum Gasteiger partial charge on any atom is -0.272 e. The van der Waals surface area contributed by atoms with Crippen LogP contribution in [0.2, 0.25) is 0 Å². The Morgan fingerprint density at radius 1 is 1.39 bits per heavy atom. The average molecular weight is 329 g/mol. The molecule has 1 aliphatic heterocycles. The van der Waals surface area contributed by atoms with E-state index in [9.17, 15) is 13.2 Å². The summed E-state index contributed by atoms with van der Waals surface area (Å²) in [6, 6.07) is 6.41. The van der Waals surface area contributed by atoms with E-state index in [0.29, 0.717) is 8.78 Å². The summed E-state index contributed by atoms with van der Waals surface area (Å²) in [5.41, 5.74) is 0.238. The van der Waals surface area contributed by atoms with Crippen LogP contribution in [0.5, 0.6) is 0 Å². The molecular formula is C11H9BrN2O3S. The van der Waals surface area contributed by atoms with Crippen molar-refractivity contribution in [3.8, 4) is 6.07 Å². The maximum absolute atomic E-state index is 12.0. The molecule has 1 aliphatic rings. The van der Waals surface area contributed by atoms with E-state index in [1.54, 1.807) is 6.07 Å². The van der Waals surface area contributed by atoms with E-state index >= 15 is 0 Å². The number of sulfonamides is 1. The summed E-state index contributed by atoms with van der Waals surface area (Å²) in [7, 11) is -3.74. The first kappa shape index (κ1) is 13.1. The van der Waals surface area contributed by atoms with Gasteiger partial charge in [-0.25, -0.2) is 12.7 Å². The van der Waals surface area contributed by atoms with E-state index in [-0.39, 0.29) is 11.3 Å². The molecule has 5 nitrogen and oxygen atoms in total. The maximum Gasteiger partial charge on any atom is 0.263 e. The fourth-order valence-corrected chi connectivity index (χ4v) is 3.50. The molecular weight excluding hydrogens is 320 g/mol. The van der Waals surface area contributed by atoms with Crippen molar-refractivity contribution in [3.05, 3.63) is 28.2 Å². The number of anilines is 1. The van der Waals surface area contributed by atoms with Gasteiger partial charge in [-0.1, -0.05) is 15.9 Å². The molecule has 1 aromatic rings. The molecule has 0 saturated carbocycles. The molecule has 1 aromatic carbocycles. The van der Waals surface area contributed by atoms with Crippen molar-refractivity contribution in [2.45, 2.75) is 18.6 Å². The van der Waals surface area contributed by atoms with Crippen LogP contribution in [0, 0.1) is 11.3 Å². The number of benzene rings is 1. The number of nitriles is 1. The fraction of sp³-hybridized carbons (Fsp3) is 0.273. The highest BCUT2D eigenvalue weighted by Crippen LogP contribution is 2.41. The first-order chi connectivity index (χ1) is 8.23. The van der Waals surface area contributed by atoms with Crippen molar-refractivity contribution >= 4 is 37.5 Å². The lowest BCUT2D eigenvalue weighted by atomic mass is 10.1. The Kier molecular flexibility index (Phi) is 2.76. The van der Waals surface area contributed by atoms with Crippen LogP contribution in [-0.4, -0.2) is 19.1 Å². The molecule has 1 amide bonds. The Balaban J connectivity index is 2.63. The van der Waals surface area contributed by atoms with Crippen molar-refractivity contribution in [3.63, 3.8) is 0 Å². The van der Waals surface area contributed by atoms with Crippen molar-refractivity contribution in [1.82, 2.24) is 0 Å². The number of amides is 1. The number of hydrogen-bond donors (Lipinski definition) is 0. The Morgan fingerprint density at radius 2 is 2.00 bits per heavy atom. The van der Waals surface area contributed by atoms with Gasteiger partial charge in [0.15, 0.2) is 4.75 Å². The predicted molar refractivity (Wildman–Crippen MR) is 69.3 cm³/mol. The molecule has 0 aliphatic carbocycles. The van der Waals surface area contributed by atoms with Gasteiger partial charge in [0.25, 0.3) is 15.9 Å². The average Bonchev–Trinajstić information content (AvgIpc) is 2.29. The third kappa shape index (κ3) is 1.49. The topological polar surface area (TPSA) is 78.2 Å². The van der Waals surface area contributed by atoms with Crippen molar-refractivity contribution in [1.29, 1.82) is 5.26 Å². The maximum atomic E-state index is 12.0. The molecule has 2 rings (SSSR count). The van der Waals surface area contributed by atoms with Crippen LogP contribution >= 0.6 is 15.9 Å². The van der Waals surface area contributed by atoms with Crippen molar-refractivity contribution in [2.75, 3.05) is 4.31 Å². The lowest BCUT2D eigenvalue weighted by molar-refractivity contribution is -0.120. The molecule has 1 heterocycles. The number of rotatable bonds is 1. The van der Waals surface area contributed by atoms with E-state index in [0.717, 1.165) is 0 Å². The molecule has 0 bridgehead atoms. The number of nitrogens with zero attached hydrogens (tertiary/aromatic N) is 2. The third-order valence-corrected chi connectivity index (χ3v) is 5.68. The zero-order valence-corrected chi connectivity index (χ0v) is 12.0. The Bertz CT molecular complexity index is 689. The molecule has 1 fully saturated rings. The second-order valence-corrected chi connectivity index (χ2v) is 7.61. The summed E-state index contributed by atoms with van der Waals surface area (Å²) in [4.78, 5) is 11.9. The minimum absolute atomic E-state index is 0.0937. The normalized spacial score (nSPS) is 20.1. The van der Waals surface area contributed by atoms with Crippen LogP contribution in [0.25, 0.3) is 0 Å². The van der Waals surface area contributed by atoms with Crippen LogP contribution in [0.3, 0.4) is 0 Å². The van der Waals surface area contributed by atoms with Crippen molar-refractivity contribution in [2.24, 2.45) is 0 Å². The first-order valence-corrected chi connectivity index (χ1v) is 7.26. The van der Waals surface area contributed by atoms with Gasteiger partial charge in [-0.2, -0.15) is 5.26 Å². The molecule has 0 radical (unpaired) electrons. The molecule has 18 heavy (non-hydrogen) atoms. The van der Waals surface area contributed by atoms with Crippen LogP contribution < -0.4 is 4.31 Å². The molecule has 0 unspecified atom stereocenters. The molecule has 0 atom stereocenters. The SMILES string of the molecule is CC1(C)C(=O)N(c2cc(Br)ccc2C#N)S1(=O)=O. The Labute approximate surface area is 113 Å². The monoisotopic (exact) mass is 328 g/mol. The third-order valence-electron chi connectivity index (χ3n) is 2.88. The van der Waals surface area contributed by atoms with Crippen molar-refractivity contribution < 1.29 is 13.2 Å². The largest absolute Gasteiger partial charge is 0.272 e. The van der Waals surface area contributed by atoms with Crippen LogP contribution in [0.15, 0.2) is 22.7 Å². The van der Waals surface area contributed by atoms with Gasteiger partial charge in [0.1, 0.15) is 6.07 Å². The van der Waals surface area contributed by atoms with E-state index in [2.05, 4.69) is 15.9 Å². The minimum atomic E-state index is -3.74. The van der Waals surface area contributed by atoms with E-state index in [1.807, 2.05) is 6.07 Å². The van der Waals surface area contributed by atoms with Gasteiger partial charge in [-0.05, 0) is 32.0 Å². The number of carbonyl (C=O) groups is 1. The summed E-state index contributed by atoms with van der Waals surface area (Å²) < 4.78 is 23.9. The van der Waals surface area contributed by atoms with E-state index in [1.165, 1.54) is 26.0 Å². The molecule has 94 valence electrons. The molecule has 7 heteroatoms. The molecule has 0 spiro atoms. The molecule has 0 aromatic heterocycles. The second-order valence-electron chi connectivity index (χ2n) is 4.36. The summed E-state index contributed by atoms with van der Waals surface area (Å²) in [6.45, 7) is 2.70. The van der Waals surface area contributed by atoms with Gasteiger partial charge in [-0.3, -0.25) is 4.79 Å². The van der Waals surface area contributed by atoms with Crippen LogP contribution in [-0.2, 0) is 14.8 Å². The molecule has 0 N–H and O–H groups in total. The zero-order chi connectivity index (χ0) is 13.7. The Hall–Kier alpha value is -1.39. The standard InChI is InChI=1S/C11H9BrN2O3S/c1-11(2)10(15)14(18(11,16)17)9-5-8(12)4-3-7(9)6-13/h3-5H,1-2H3. The highest BCUT2D eigenvalue weighted by Gasteiger charge is 2.61. The van der Waals surface area contributed by atoms with Crippen LogP contribution in [0.1, 0.15) is 19.4 Å². The smallest absolute Gasteiger partial charge is 0.263 e. The summed E-state index contributed by atoms with van der Waals surface area (Å²) in [6.07, 6.45) is 0. The van der Waals surface area contributed by atoms with Gasteiger partial charge in [-0.15, -0.1) is 0 Å². The molecule has 1 saturated heterocycles. The number of hydrogen-bond acceptors (Lipinski definition) is 4. The first-order valence-electron chi connectivity index (χ1n) is 5.02. The summed E-state index contributed by atoms with van der Waals surface area (Å²) >= 11 is 3.19. The number of halogens is 1. The fourth-order valence-electron chi connectivity index (χ4n) is 1.66. The van der Waals surface area contributed by atoms with Crippen LogP contribution in [0.4, 0.5) is 5.69 Å². The summed E-state index contributed by atoms with van der Waals surface area (Å²) in [5.74, 6) is -0.530. The summed E-state index contributed by atoms with van der Waals surface area (Å²) in [5, 5.41) is 8.97. The highest BCUT2D eigenvalue weighted by atomic mass is 79.9. The van der Waals surface area contributed by atoms with Gasteiger partial charge in [0, 0.05) is 4.47 Å². The number of carbonyl (C=O) groups excluding carboxylic acids is 1. The highest BCUT2D eigenvalue weighted by molar-refractivity contribution is 9.10. The van der Waals surface area contributed by atoms with Gasteiger partial charge in [0.2, 0.25) is 0 Å². The quantitative estimate of drug-likeness (QED) is 0.787. The van der Waals surface area contributed by atoms with E-state index < -0.39 is 20.7 Å². The van der Waals surface area contributed by atoms with Gasteiger partial charge < -0.3 is 0 Å². The van der Waals surface area contributed by atoms with Gasteiger partial charge >= 0.3 is 0 Å². The lowest BCUT2D eigenvalue weighted by Crippen LogP contribution is -2.67. The zero-order valence-electron chi connectivity index (χ0n) is 9.64. The van der Waals surface area contributed by atoms with Gasteiger partial charge in [0.05, 0.1) is 11.3 Å². The van der Waals surface area contributed by atoms with E-state index in [4.69, 9.17) is 5.26 Å². The predicted octanol–water partition coefficient (Wildman–Crippen LogP) is 1.78. The lowest BCUT2D eigenvalue weighted by Gasteiger charge is -2.43. The second kappa shape index (κ2) is 3.80.